The second-order valence-electron chi connectivity index (χ2n) is 8.53. The van der Waals surface area contributed by atoms with Crippen LogP contribution in [0.25, 0.3) is 21.8 Å². The summed E-state index contributed by atoms with van der Waals surface area (Å²) in [5.41, 5.74) is 8.03. The molecule has 0 aliphatic rings. The summed E-state index contributed by atoms with van der Waals surface area (Å²) in [6.45, 7) is 6.22. The molecular formula is C24H22F2N6OS. The van der Waals surface area contributed by atoms with Crippen molar-refractivity contribution in [1.29, 1.82) is 0 Å². The molecule has 0 radical (unpaired) electrons. The number of carbonyl (C=O) groups excluding carboxylic acids is 1. The monoisotopic (exact) mass is 480 g/mol. The van der Waals surface area contributed by atoms with E-state index in [9.17, 15) is 13.6 Å². The number of nitrogen functional groups attached to an aromatic ring is 1. The number of thiazole rings is 1. The maximum absolute atomic E-state index is 13.9. The SMILES string of the molecule is CC(C)(C)c1nc(-c2ccnc(N)n2)c(-c2cccc(NC(=O)Nc3ccc(F)cc3F)c2)s1. The van der Waals surface area contributed by atoms with Crippen LogP contribution < -0.4 is 16.4 Å². The normalized spacial score (nSPS) is 11.3. The summed E-state index contributed by atoms with van der Waals surface area (Å²) < 4.78 is 27.0. The second-order valence-corrected chi connectivity index (χ2v) is 9.53. The van der Waals surface area contributed by atoms with Gasteiger partial charge in [-0.2, -0.15) is 0 Å². The number of amides is 2. The van der Waals surface area contributed by atoms with Gasteiger partial charge >= 0.3 is 6.03 Å². The van der Waals surface area contributed by atoms with E-state index in [-0.39, 0.29) is 17.1 Å². The van der Waals surface area contributed by atoms with Gasteiger partial charge in [0.15, 0.2) is 0 Å². The second kappa shape index (κ2) is 9.14. The topological polar surface area (TPSA) is 106 Å². The van der Waals surface area contributed by atoms with Gasteiger partial charge in [-0.15, -0.1) is 11.3 Å². The van der Waals surface area contributed by atoms with Crippen molar-refractivity contribution in [2.24, 2.45) is 0 Å². The highest BCUT2D eigenvalue weighted by Gasteiger charge is 2.24. The van der Waals surface area contributed by atoms with E-state index < -0.39 is 17.7 Å². The molecule has 0 saturated heterocycles. The van der Waals surface area contributed by atoms with Gasteiger partial charge in [-0.25, -0.2) is 28.5 Å². The molecule has 34 heavy (non-hydrogen) atoms. The van der Waals surface area contributed by atoms with Crippen molar-refractivity contribution in [3.63, 3.8) is 0 Å². The molecule has 4 rings (SSSR count). The number of anilines is 3. The van der Waals surface area contributed by atoms with E-state index in [2.05, 4.69) is 41.4 Å². The van der Waals surface area contributed by atoms with Crippen LogP contribution in [0.5, 0.6) is 0 Å². The first-order valence-electron chi connectivity index (χ1n) is 10.3. The third kappa shape index (κ3) is 5.18. The molecule has 174 valence electrons. The van der Waals surface area contributed by atoms with Gasteiger partial charge in [-0.05, 0) is 35.9 Å². The summed E-state index contributed by atoms with van der Waals surface area (Å²) in [6, 6.07) is 11.2. The molecule has 2 aromatic carbocycles. The van der Waals surface area contributed by atoms with Crippen molar-refractivity contribution < 1.29 is 13.6 Å². The molecule has 0 fully saturated rings. The Hall–Kier alpha value is -3.92. The summed E-state index contributed by atoms with van der Waals surface area (Å²) in [7, 11) is 0. The standard InChI is InChI=1S/C24H22F2N6OS/c1-24(2,3)21-32-19(18-9-10-28-22(27)30-18)20(34-21)13-5-4-6-15(11-13)29-23(33)31-17-8-7-14(25)12-16(17)26/h4-12H,1-3H3,(H2,27,28,30)(H2,29,31,33). The van der Waals surface area contributed by atoms with Crippen molar-refractivity contribution >= 4 is 34.7 Å². The minimum atomic E-state index is -0.864. The predicted octanol–water partition coefficient (Wildman–Crippen LogP) is 6.07. The van der Waals surface area contributed by atoms with Gasteiger partial charge in [0.05, 0.1) is 21.3 Å². The minimum Gasteiger partial charge on any atom is -0.368 e. The van der Waals surface area contributed by atoms with Gasteiger partial charge in [-0.3, -0.25) is 0 Å². The zero-order valence-corrected chi connectivity index (χ0v) is 19.5. The van der Waals surface area contributed by atoms with Crippen molar-refractivity contribution in [3.05, 3.63) is 71.4 Å². The molecule has 2 amide bonds. The highest BCUT2D eigenvalue weighted by atomic mass is 32.1. The third-order valence-electron chi connectivity index (χ3n) is 4.75. The molecule has 0 aliphatic carbocycles. The molecule has 2 aromatic heterocycles. The van der Waals surface area contributed by atoms with E-state index in [0.717, 1.165) is 27.6 Å². The Morgan fingerprint density at radius 2 is 1.82 bits per heavy atom. The van der Waals surface area contributed by atoms with Crippen molar-refractivity contribution in [2.75, 3.05) is 16.4 Å². The first-order valence-corrected chi connectivity index (χ1v) is 11.2. The first kappa shape index (κ1) is 23.2. The van der Waals surface area contributed by atoms with Gasteiger partial charge in [0.1, 0.15) is 17.3 Å². The Bertz CT molecular complexity index is 1370. The lowest BCUT2D eigenvalue weighted by Crippen LogP contribution is -2.20. The van der Waals surface area contributed by atoms with Crippen molar-refractivity contribution in [1.82, 2.24) is 15.0 Å². The van der Waals surface area contributed by atoms with E-state index in [0.29, 0.717) is 23.1 Å². The zero-order valence-electron chi connectivity index (χ0n) is 18.7. The van der Waals surface area contributed by atoms with Crippen molar-refractivity contribution in [3.8, 4) is 21.8 Å². The van der Waals surface area contributed by atoms with Crippen LogP contribution in [0.15, 0.2) is 54.7 Å². The summed E-state index contributed by atoms with van der Waals surface area (Å²) in [6.07, 6.45) is 1.58. The van der Waals surface area contributed by atoms with Gasteiger partial charge in [0.2, 0.25) is 5.95 Å². The molecule has 4 N–H and O–H groups in total. The van der Waals surface area contributed by atoms with Gasteiger partial charge in [-0.1, -0.05) is 32.9 Å². The number of nitrogens with one attached hydrogen (secondary N) is 2. The summed E-state index contributed by atoms with van der Waals surface area (Å²) in [5.74, 6) is -1.44. The number of nitrogens with two attached hydrogens (primary N) is 1. The van der Waals surface area contributed by atoms with Crippen LogP contribution in [0, 0.1) is 11.6 Å². The molecule has 0 saturated carbocycles. The fourth-order valence-corrected chi connectivity index (χ4v) is 4.26. The number of carbonyl (C=O) groups is 1. The number of hydrogen-bond acceptors (Lipinski definition) is 6. The maximum atomic E-state index is 13.9. The van der Waals surface area contributed by atoms with Crippen LogP contribution in [0.3, 0.4) is 0 Å². The zero-order chi connectivity index (χ0) is 24.5. The third-order valence-corrected chi connectivity index (χ3v) is 6.28. The molecule has 0 bridgehead atoms. The molecule has 0 atom stereocenters. The molecule has 4 aromatic rings. The van der Waals surface area contributed by atoms with Gasteiger partial charge in [0.25, 0.3) is 0 Å². The number of benzene rings is 2. The number of hydrogen-bond donors (Lipinski definition) is 3. The van der Waals surface area contributed by atoms with E-state index in [1.54, 1.807) is 30.5 Å². The van der Waals surface area contributed by atoms with Crippen molar-refractivity contribution in [2.45, 2.75) is 26.2 Å². The quantitative estimate of drug-likeness (QED) is 0.329. The molecule has 7 nitrogen and oxygen atoms in total. The van der Waals surface area contributed by atoms with Crippen LogP contribution >= 0.6 is 11.3 Å². The summed E-state index contributed by atoms with van der Waals surface area (Å²) >= 11 is 1.53. The smallest absolute Gasteiger partial charge is 0.323 e. The molecule has 2 heterocycles. The Kier molecular flexibility index (Phi) is 6.25. The average molecular weight is 481 g/mol. The lowest BCUT2D eigenvalue weighted by molar-refractivity contribution is 0.262. The van der Waals surface area contributed by atoms with Crippen LogP contribution in [-0.2, 0) is 5.41 Å². The molecule has 0 unspecified atom stereocenters. The fraction of sp³-hybridized carbons (Fsp3) is 0.167. The Morgan fingerprint density at radius 1 is 1.03 bits per heavy atom. The molecular weight excluding hydrogens is 458 g/mol. The van der Waals surface area contributed by atoms with Gasteiger partial charge in [0, 0.05) is 23.4 Å². The largest absolute Gasteiger partial charge is 0.368 e. The van der Waals surface area contributed by atoms with Crippen LogP contribution in [0.4, 0.5) is 30.9 Å². The fourth-order valence-electron chi connectivity index (χ4n) is 3.13. The van der Waals surface area contributed by atoms with Gasteiger partial charge < -0.3 is 16.4 Å². The highest BCUT2D eigenvalue weighted by molar-refractivity contribution is 7.15. The summed E-state index contributed by atoms with van der Waals surface area (Å²) in [5, 5.41) is 5.97. The Morgan fingerprint density at radius 3 is 2.53 bits per heavy atom. The highest BCUT2D eigenvalue weighted by Crippen LogP contribution is 2.40. The van der Waals surface area contributed by atoms with E-state index >= 15 is 0 Å². The van der Waals surface area contributed by atoms with E-state index in [4.69, 9.17) is 10.7 Å². The number of aromatic nitrogens is 3. The molecule has 0 spiro atoms. The predicted molar refractivity (Wildman–Crippen MR) is 131 cm³/mol. The lowest BCUT2D eigenvalue weighted by atomic mass is 9.98. The molecule has 0 aliphatic heterocycles. The number of urea groups is 1. The molecule has 10 heteroatoms. The minimum absolute atomic E-state index is 0.129. The number of halogens is 2. The summed E-state index contributed by atoms with van der Waals surface area (Å²) in [4.78, 5) is 26.4. The van der Waals surface area contributed by atoms with Crippen LogP contribution in [-0.4, -0.2) is 21.0 Å². The van der Waals surface area contributed by atoms with Crippen LogP contribution in [0.1, 0.15) is 25.8 Å². The van der Waals surface area contributed by atoms with E-state index in [1.807, 2.05) is 6.07 Å². The number of nitrogens with zero attached hydrogens (tertiary/aromatic N) is 3. The lowest BCUT2D eigenvalue weighted by Gasteiger charge is -2.13. The maximum Gasteiger partial charge on any atom is 0.323 e. The average Bonchev–Trinajstić information content (AvgIpc) is 3.22. The Labute approximate surface area is 199 Å². The van der Waals surface area contributed by atoms with Crippen LogP contribution in [0.2, 0.25) is 0 Å². The van der Waals surface area contributed by atoms with E-state index in [1.165, 1.54) is 11.3 Å². The first-order chi connectivity index (χ1) is 16.1. The number of rotatable bonds is 4. The Balaban J connectivity index is 1.65.